The first-order valence-electron chi connectivity index (χ1n) is 13.9. The molecule has 7 nitrogen and oxygen atoms in total. The summed E-state index contributed by atoms with van der Waals surface area (Å²) in [4.78, 5) is 11.6. The topological polar surface area (TPSA) is 89.4 Å². The summed E-state index contributed by atoms with van der Waals surface area (Å²) in [6.07, 6.45) is 7.01. The van der Waals surface area contributed by atoms with Gasteiger partial charge in [0.05, 0.1) is 12.0 Å². The first-order valence-corrected chi connectivity index (χ1v) is 13.9. The predicted molar refractivity (Wildman–Crippen MR) is 151 cm³/mol. The van der Waals surface area contributed by atoms with Crippen LogP contribution in [0.15, 0.2) is 60.9 Å². The van der Waals surface area contributed by atoms with Crippen LogP contribution in [0.1, 0.15) is 49.9 Å². The summed E-state index contributed by atoms with van der Waals surface area (Å²) in [6, 6.07) is 19.2. The highest BCUT2D eigenvalue weighted by Gasteiger charge is 2.37. The molecule has 198 valence electrons. The maximum atomic E-state index is 9.72. The van der Waals surface area contributed by atoms with Gasteiger partial charge in [0.1, 0.15) is 30.1 Å². The normalized spacial score (nSPS) is 21.6. The average molecular weight is 512 g/mol. The maximum absolute atomic E-state index is 9.72. The lowest BCUT2D eigenvalue weighted by Crippen LogP contribution is -2.41. The lowest BCUT2D eigenvalue weighted by Gasteiger charge is -2.40. The van der Waals surface area contributed by atoms with Crippen LogP contribution in [0, 0.1) is 5.92 Å². The summed E-state index contributed by atoms with van der Waals surface area (Å²) < 4.78 is 8.59. The minimum Gasteiger partial charge on any atom is -0.489 e. The number of anilines is 1. The minimum absolute atomic E-state index is 0.270. The molecule has 0 unspecified atom stereocenters. The summed E-state index contributed by atoms with van der Waals surface area (Å²) >= 11 is 0. The van der Waals surface area contributed by atoms with Gasteiger partial charge in [0.2, 0.25) is 0 Å². The van der Waals surface area contributed by atoms with Crippen molar-refractivity contribution in [1.29, 1.82) is 0 Å². The smallest absolute Gasteiger partial charge is 0.146 e. The Hall–Kier alpha value is -3.42. The fourth-order valence-corrected chi connectivity index (χ4v) is 6.47. The number of likely N-dealkylation sites (tertiary alicyclic amines) is 1. The fourth-order valence-electron chi connectivity index (χ4n) is 6.47. The molecule has 2 fully saturated rings. The van der Waals surface area contributed by atoms with E-state index in [0.29, 0.717) is 30.4 Å². The van der Waals surface area contributed by atoms with Crippen molar-refractivity contribution in [2.45, 2.75) is 57.7 Å². The molecule has 0 amide bonds. The largest absolute Gasteiger partial charge is 0.489 e. The first-order chi connectivity index (χ1) is 18.7. The zero-order valence-corrected chi connectivity index (χ0v) is 22.1. The first kappa shape index (κ1) is 24.9. The SMILES string of the molecule is CCc1c(-c2cccc(OCc3ccccc3)c2)c2c(N)ncnc2n1[C@H]1C[C@@H](CN2CCC[C@@H]2CO)C1. The van der Waals surface area contributed by atoms with E-state index in [0.717, 1.165) is 72.2 Å². The number of hydrogen-bond donors (Lipinski definition) is 2. The number of aliphatic hydroxyl groups excluding tert-OH is 1. The standard InChI is InChI=1S/C31H37N5O2/c1-2-27-28(23-10-6-12-26(16-23)38-19-21-8-4-3-5-9-21)29-30(32)33-20-34-31(29)36(27)25-14-22(15-25)17-35-13-7-11-24(35)18-37/h3-6,8-10,12,16,20,22,24-25,37H,2,7,11,13-15,17-19H2,1H3,(H2,32,33,34)/t22-,24-,25+/m1/s1. The van der Waals surface area contributed by atoms with Crippen molar-refractivity contribution in [1.82, 2.24) is 19.4 Å². The van der Waals surface area contributed by atoms with Crippen molar-refractivity contribution in [2.24, 2.45) is 5.92 Å². The molecule has 1 saturated heterocycles. The van der Waals surface area contributed by atoms with Crippen LogP contribution in [0.4, 0.5) is 5.82 Å². The second-order valence-corrected chi connectivity index (χ2v) is 10.8. The van der Waals surface area contributed by atoms with E-state index in [2.05, 4.69) is 45.6 Å². The number of aliphatic hydroxyl groups is 1. The van der Waals surface area contributed by atoms with Gasteiger partial charge in [-0.1, -0.05) is 49.4 Å². The average Bonchev–Trinajstić information content (AvgIpc) is 3.52. The number of fused-ring (bicyclic) bond motifs is 1. The molecule has 3 heterocycles. The number of nitrogen functional groups attached to an aromatic ring is 1. The number of ether oxygens (including phenoxy) is 1. The van der Waals surface area contributed by atoms with Crippen LogP contribution in [0.3, 0.4) is 0 Å². The highest BCUT2D eigenvalue weighted by Crippen LogP contribution is 2.46. The van der Waals surface area contributed by atoms with Crippen molar-refractivity contribution in [3.63, 3.8) is 0 Å². The van der Waals surface area contributed by atoms with Gasteiger partial charge in [0.15, 0.2) is 0 Å². The predicted octanol–water partition coefficient (Wildman–Crippen LogP) is 5.23. The van der Waals surface area contributed by atoms with Crippen LogP contribution < -0.4 is 10.5 Å². The van der Waals surface area contributed by atoms with Gasteiger partial charge in [-0.05, 0) is 67.8 Å². The van der Waals surface area contributed by atoms with E-state index >= 15 is 0 Å². The second kappa shape index (κ2) is 10.8. The van der Waals surface area contributed by atoms with Crippen LogP contribution in [-0.4, -0.2) is 50.3 Å². The molecular weight excluding hydrogens is 474 g/mol. The highest BCUT2D eigenvalue weighted by molar-refractivity contribution is 6.02. The monoisotopic (exact) mass is 511 g/mol. The third-order valence-electron chi connectivity index (χ3n) is 8.40. The van der Waals surface area contributed by atoms with Crippen molar-refractivity contribution >= 4 is 16.9 Å². The van der Waals surface area contributed by atoms with Gasteiger partial charge >= 0.3 is 0 Å². The molecule has 6 rings (SSSR count). The number of rotatable bonds is 9. The van der Waals surface area contributed by atoms with E-state index in [1.165, 1.54) is 12.1 Å². The van der Waals surface area contributed by atoms with E-state index in [1.807, 2.05) is 30.3 Å². The third-order valence-corrected chi connectivity index (χ3v) is 8.40. The lowest BCUT2D eigenvalue weighted by atomic mass is 9.79. The molecule has 0 radical (unpaired) electrons. The van der Waals surface area contributed by atoms with E-state index in [9.17, 15) is 5.11 Å². The molecule has 1 saturated carbocycles. The second-order valence-electron chi connectivity index (χ2n) is 10.8. The molecule has 0 bridgehead atoms. The Balaban J connectivity index is 1.30. The quantitative estimate of drug-likeness (QED) is 0.320. The van der Waals surface area contributed by atoms with Gasteiger partial charge in [0, 0.05) is 29.9 Å². The number of nitrogens with two attached hydrogens (primary N) is 1. The summed E-state index contributed by atoms with van der Waals surface area (Å²) in [5, 5.41) is 10.7. The Kier molecular flexibility index (Phi) is 7.04. The van der Waals surface area contributed by atoms with Crippen molar-refractivity contribution in [3.8, 4) is 16.9 Å². The van der Waals surface area contributed by atoms with E-state index < -0.39 is 0 Å². The van der Waals surface area contributed by atoms with Gasteiger partial charge in [-0.3, -0.25) is 4.90 Å². The zero-order valence-electron chi connectivity index (χ0n) is 22.1. The van der Waals surface area contributed by atoms with Gasteiger partial charge in [-0.15, -0.1) is 0 Å². The molecule has 3 N–H and O–H groups in total. The van der Waals surface area contributed by atoms with E-state index in [1.54, 1.807) is 6.33 Å². The number of nitrogens with zero attached hydrogens (tertiary/aromatic N) is 4. The fraction of sp³-hybridized carbons (Fsp3) is 0.419. The zero-order chi connectivity index (χ0) is 26.1. The van der Waals surface area contributed by atoms with Crippen molar-refractivity contribution in [3.05, 3.63) is 72.2 Å². The Morgan fingerprint density at radius 1 is 1.08 bits per heavy atom. The molecule has 4 aromatic rings. The molecule has 0 spiro atoms. The van der Waals surface area contributed by atoms with Gasteiger partial charge in [-0.2, -0.15) is 0 Å². The van der Waals surface area contributed by atoms with Gasteiger partial charge in [0.25, 0.3) is 0 Å². The minimum atomic E-state index is 0.270. The highest BCUT2D eigenvalue weighted by atomic mass is 16.5. The van der Waals surface area contributed by atoms with E-state index in [-0.39, 0.29) is 6.61 Å². The molecule has 1 atom stereocenters. The Bertz CT molecular complexity index is 1400. The maximum Gasteiger partial charge on any atom is 0.146 e. The number of aromatic nitrogens is 3. The molecule has 2 aliphatic rings. The Morgan fingerprint density at radius 3 is 2.71 bits per heavy atom. The van der Waals surface area contributed by atoms with Crippen LogP contribution in [0.2, 0.25) is 0 Å². The summed E-state index contributed by atoms with van der Waals surface area (Å²) in [7, 11) is 0. The van der Waals surface area contributed by atoms with Crippen LogP contribution in [0.5, 0.6) is 5.75 Å². The summed E-state index contributed by atoms with van der Waals surface area (Å²) in [5.41, 5.74) is 12.0. The lowest BCUT2D eigenvalue weighted by molar-refractivity contribution is 0.0963. The van der Waals surface area contributed by atoms with Crippen LogP contribution >= 0.6 is 0 Å². The third kappa shape index (κ3) is 4.65. The van der Waals surface area contributed by atoms with Crippen LogP contribution in [0.25, 0.3) is 22.2 Å². The Morgan fingerprint density at radius 2 is 1.92 bits per heavy atom. The molecule has 2 aromatic carbocycles. The molecule has 2 aromatic heterocycles. The summed E-state index contributed by atoms with van der Waals surface area (Å²) in [5.74, 6) is 2.00. The number of hydrogen-bond acceptors (Lipinski definition) is 6. The van der Waals surface area contributed by atoms with E-state index in [4.69, 9.17) is 15.5 Å². The molecule has 38 heavy (non-hydrogen) atoms. The molecule has 7 heteroatoms. The van der Waals surface area contributed by atoms with Gasteiger partial charge in [-0.25, -0.2) is 9.97 Å². The molecule has 1 aliphatic heterocycles. The number of benzene rings is 2. The van der Waals surface area contributed by atoms with Crippen LogP contribution in [-0.2, 0) is 13.0 Å². The van der Waals surface area contributed by atoms with Crippen molar-refractivity contribution < 1.29 is 9.84 Å². The molecule has 1 aliphatic carbocycles. The summed E-state index contributed by atoms with van der Waals surface area (Å²) in [6.45, 7) is 5.18. The molecular formula is C31H37N5O2. The Labute approximate surface area is 224 Å². The van der Waals surface area contributed by atoms with Crippen molar-refractivity contribution in [2.75, 3.05) is 25.4 Å². The van der Waals surface area contributed by atoms with Gasteiger partial charge < -0.3 is 20.1 Å².